The van der Waals surface area contributed by atoms with E-state index in [1.807, 2.05) is 43.3 Å². The molecule has 0 saturated carbocycles. The number of carbonyl (C=O) groups excluding carboxylic acids is 1. The van der Waals surface area contributed by atoms with Crippen LogP contribution in [0.3, 0.4) is 0 Å². The molecule has 0 radical (unpaired) electrons. The van der Waals surface area contributed by atoms with Gasteiger partial charge in [0.25, 0.3) is 0 Å². The summed E-state index contributed by atoms with van der Waals surface area (Å²) in [6.45, 7) is 1.84. The normalized spacial score (nSPS) is 19.1. The number of amides is 1. The average Bonchev–Trinajstić information content (AvgIpc) is 2.68. The molecule has 3 aromatic rings. The Morgan fingerprint density at radius 3 is 2.75 bits per heavy atom. The lowest BCUT2D eigenvalue weighted by molar-refractivity contribution is -0.123. The maximum Gasteiger partial charge on any atom is 0.221 e. The van der Waals surface area contributed by atoms with Gasteiger partial charge in [-0.25, -0.2) is 15.0 Å². The minimum Gasteiger partial charge on any atom is -0.349 e. The number of nitrogens with one attached hydrogen (secondary N) is 2. The molecule has 1 aliphatic rings. The fraction of sp³-hybridized carbons (Fsp3) is 0.238. The van der Waals surface area contributed by atoms with Gasteiger partial charge in [-0.15, -0.1) is 0 Å². The number of aromatic nitrogens is 3. The van der Waals surface area contributed by atoms with Crippen LogP contribution in [0.5, 0.6) is 0 Å². The number of aryl methyl sites for hydroxylation is 1. The highest BCUT2D eigenvalue weighted by atomic mass is 35.5. The first kappa shape index (κ1) is 18.4. The molecule has 6 nitrogen and oxygen atoms in total. The number of hydrogen-bond donors (Lipinski definition) is 2. The monoisotopic (exact) mass is 393 g/mol. The fourth-order valence-corrected chi connectivity index (χ4v) is 3.81. The first-order valence-electron chi connectivity index (χ1n) is 9.15. The van der Waals surface area contributed by atoms with E-state index in [1.165, 1.54) is 0 Å². The van der Waals surface area contributed by atoms with Crippen molar-refractivity contribution in [2.45, 2.75) is 31.7 Å². The number of piperidine rings is 1. The van der Waals surface area contributed by atoms with E-state index < -0.39 is 0 Å². The Hall–Kier alpha value is -2.99. The Morgan fingerprint density at radius 2 is 1.93 bits per heavy atom. The first-order chi connectivity index (χ1) is 13.6. The third-order valence-corrected chi connectivity index (χ3v) is 5.20. The Labute approximate surface area is 168 Å². The molecule has 1 saturated heterocycles. The molecule has 142 valence electrons. The van der Waals surface area contributed by atoms with E-state index in [2.05, 4.69) is 25.6 Å². The lowest BCUT2D eigenvalue weighted by atomic mass is 9.84. The van der Waals surface area contributed by atoms with E-state index in [-0.39, 0.29) is 17.9 Å². The molecule has 1 aliphatic heterocycles. The zero-order chi connectivity index (χ0) is 19.5. The molecule has 2 unspecified atom stereocenters. The fourth-order valence-electron chi connectivity index (χ4n) is 3.55. The van der Waals surface area contributed by atoms with E-state index >= 15 is 0 Å². The second-order valence-corrected chi connectivity index (χ2v) is 7.27. The number of rotatable bonds is 4. The third kappa shape index (κ3) is 4.12. The maximum atomic E-state index is 12.4. The zero-order valence-electron chi connectivity index (χ0n) is 15.4. The van der Waals surface area contributed by atoms with Crippen LogP contribution >= 0.6 is 11.6 Å². The molecule has 1 aromatic carbocycles. The lowest BCUT2D eigenvalue weighted by Gasteiger charge is -2.31. The van der Waals surface area contributed by atoms with Crippen LogP contribution in [-0.2, 0) is 4.79 Å². The number of carbonyl (C=O) groups is 1. The van der Waals surface area contributed by atoms with Gasteiger partial charge in [0.1, 0.15) is 17.5 Å². The van der Waals surface area contributed by atoms with Crippen LogP contribution in [0.4, 0.5) is 11.6 Å². The van der Waals surface area contributed by atoms with Gasteiger partial charge in [0, 0.05) is 23.8 Å². The van der Waals surface area contributed by atoms with Crippen molar-refractivity contribution >= 4 is 29.1 Å². The standard InChI is InChI=1S/C21H20ClN5O/c1-13-23-9-7-19(25-13)27-20-11-14(6-8-24-20)15-10-18(26-21(28)12-15)16-4-2-3-5-17(16)22/h2-9,11,15,18H,10,12H2,1H3,(H,26,28)(H,23,24,25,27). The van der Waals surface area contributed by atoms with Crippen molar-refractivity contribution in [2.24, 2.45) is 0 Å². The lowest BCUT2D eigenvalue weighted by Crippen LogP contribution is -2.36. The van der Waals surface area contributed by atoms with Crippen LogP contribution in [0, 0.1) is 6.92 Å². The molecule has 1 amide bonds. The molecular formula is C21H20ClN5O. The van der Waals surface area contributed by atoms with Crippen LogP contribution in [0.1, 0.15) is 41.8 Å². The zero-order valence-corrected chi connectivity index (χ0v) is 16.1. The number of pyridine rings is 1. The molecule has 2 N–H and O–H groups in total. The predicted octanol–water partition coefficient (Wildman–Crippen LogP) is 4.31. The summed E-state index contributed by atoms with van der Waals surface area (Å²) in [6, 6.07) is 13.3. The molecular weight excluding hydrogens is 374 g/mol. The van der Waals surface area contributed by atoms with Gasteiger partial charge in [-0.3, -0.25) is 4.79 Å². The van der Waals surface area contributed by atoms with Crippen LogP contribution in [0.25, 0.3) is 0 Å². The molecule has 2 atom stereocenters. The first-order valence-corrected chi connectivity index (χ1v) is 9.52. The number of anilines is 2. The summed E-state index contributed by atoms with van der Waals surface area (Å²) in [4.78, 5) is 25.2. The predicted molar refractivity (Wildman–Crippen MR) is 109 cm³/mol. The second-order valence-electron chi connectivity index (χ2n) is 6.87. The van der Waals surface area contributed by atoms with Crippen LogP contribution in [0.15, 0.2) is 54.9 Å². The van der Waals surface area contributed by atoms with E-state index in [0.717, 1.165) is 17.5 Å². The quantitative estimate of drug-likeness (QED) is 0.690. The number of benzene rings is 1. The molecule has 3 heterocycles. The van der Waals surface area contributed by atoms with Crippen LogP contribution in [0.2, 0.25) is 5.02 Å². The molecule has 4 rings (SSSR count). The molecule has 28 heavy (non-hydrogen) atoms. The van der Waals surface area contributed by atoms with Crippen molar-refractivity contribution in [1.82, 2.24) is 20.3 Å². The largest absolute Gasteiger partial charge is 0.349 e. The molecule has 0 spiro atoms. The summed E-state index contributed by atoms with van der Waals surface area (Å²) in [5.74, 6) is 2.18. The summed E-state index contributed by atoms with van der Waals surface area (Å²) in [7, 11) is 0. The smallest absolute Gasteiger partial charge is 0.221 e. The molecule has 0 aliphatic carbocycles. The third-order valence-electron chi connectivity index (χ3n) is 4.86. The Balaban J connectivity index is 1.56. The van der Waals surface area contributed by atoms with E-state index in [0.29, 0.717) is 28.9 Å². The van der Waals surface area contributed by atoms with Gasteiger partial charge in [0.2, 0.25) is 5.91 Å². The highest BCUT2D eigenvalue weighted by Crippen LogP contribution is 2.37. The highest BCUT2D eigenvalue weighted by molar-refractivity contribution is 6.31. The minimum absolute atomic E-state index is 0.0268. The maximum absolute atomic E-state index is 12.4. The van der Waals surface area contributed by atoms with Crippen molar-refractivity contribution in [2.75, 3.05) is 5.32 Å². The topological polar surface area (TPSA) is 79.8 Å². The van der Waals surface area contributed by atoms with Crippen molar-refractivity contribution in [3.8, 4) is 0 Å². The molecule has 7 heteroatoms. The van der Waals surface area contributed by atoms with Gasteiger partial charge < -0.3 is 10.6 Å². The summed E-state index contributed by atoms with van der Waals surface area (Å²) in [5.41, 5.74) is 2.02. The van der Waals surface area contributed by atoms with Gasteiger partial charge in [-0.2, -0.15) is 0 Å². The highest BCUT2D eigenvalue weighted by Gasteiger charge is 2.29. The minimum atomic E-state index is -0.103. The SMILES string of the molecule is Cc1nccc(Nc2cc(C3CC(=O)NC(c4ccccc4Cl)C3)ccn2)n1. The van der Waals surface area contributed by atoms with Crippen LogP contribution in [-0.4, -0.2) is 20.9 Å². The van der Waals surface area contributed by atoms with E-state index in [9.17, 15) is 4.79 Å². The molecule has 0 bridgehead atoms. The molecule has 2 aromatic heterocycles. The number of halogens is 1. The van der Waals surface area contributed by atoms with E-state index in [1.54, 1.807) is 18.5 Å². The Bertz CT molecular complexity index is 1010. The van der Waals surface area contributed by atoms with E-state index in [4.69, 9.17) is 11.6 Å². The van der Waals surface area contributed by atoms with Gasteiger partial charge in [-0.1, -0.05) is 29.8 Å². The van der Waals surface area contributed by atoms with Crippen molar-refractivity contribution in [3.63, 3.8) is 0 Å². The summed E-state index contributed by atoms with van der Waals surface area (Å²) < 4.78 is 0. The van der Waals surface area contributed by atoms with Crippen LogP contribution < -0.4 is 10.6 Å². The summed E-state index contributed by atoms with van der Waals surface area (Å²) in [5, 5.41) is 6.94. The summed E-state index contributed by atoms with van der Waals surface area (Å²) in [6.07, 6.45) is 4.68. The number of hydrogen-bond acceptors (Lipinski definition) is 5. The van der Waals surface area contributed by atoms with Gasteiger partial charge >= 0.3 is 0 Å². The van der Waals surface area contributed by atoms with Gasteiger partial charge in [0.15, 0.2) is 0 Å². The van der Waals surface area contributed by atoms with Gasteiger partial charge in [0.05, 0.1) is 6.04 Å². The Kier molecular flexibility index (Phi) is 5.21. The van der Waals surface area contributed by atoms with Gasteiger partial charge in [-0.05, 0) is 54.7 Å². The van der Waals surface area contributed by atoms with Crippen molar-refractivity contribution < 1.29 is 4.79 Å². The second kappa shape index (κ2) is 7.94. The molecule has 1 fully saturated rings. The van der Waals surface area contributed by atoms with Crippen molar-refractivity contribution in [1.29, 1.82) is 0 Å². The average molecular weight is 394 g/mol. The number of nitrogens with zero attached hydrogens (tertiary/aromatic N) is 3. The van der Waals surface area contributed by atoms with Crippen molar-refractivity contribution in [3.05, 3.63) is 76.8 Å². The Morgan fingerprint density at radius 1 is 1.11 bits per heavy atom. The summed E-state index contributed by atoms with van der Waals surface area (Å²) >= 11 is 6.34.